The molecule has 0 saturated heterocycles. The first-order valence-corrected chi connectivity index (χ1v) is 13.1. The van der Waals surface area contributed by atoms with Gasteiger partial charge in [-0.25, -0.2) is 8.99 Å². The summed E-state index contributed by atoms with van der Waals surface area (Å²) in [6.07, 6.45) is -4.97. The van der Waals surface area contributed by atoms with Crippen molar-refractivity contribution in [2.45, 2.75) is 23.4 Å². The number of halogens is 5. The summed E-state index contributed by atoms with van der Waals surface area (Å²) < 4.78 is 72.5. The Labute approximate surface area is 219 Å². The van der Waals surface area contributed by atoms with Crippen LogP contribution < -0.4 is 9.46 Å². The molecule has 0 amide bonds. The molecule has 1 aromatic heterocycles. The van der Waals surface area contributed by atoms with Crippen molar-refractivity contribution in [2.75, 3.05) is 6.61 Å². The molecular formula is C24H18Cl2F3N3O4S. The van der Waals surface area contributed by atoms with Crippen molar-refractivity contribution >= 4 is 54.9 Å². The lowest BCUT2D eigenvalue weighted by molar-refractivity contribution is -0.274. The van der Waals surface area contributed by atoms with Crippen molar-refractivity contribution in [3.05, 3.63) is 82.7 Å². The first-order valence-electron chi connectivity index (χ1n) is 10.7. The van der Waals surface area contributed by atoms with Gasteiger partial charge in [-0.1, -0.05) is 23.2 Å². The quantitative estimate of drug-likeness (QED) is 0.259. The average Bonchev–Trinajstić information content (AvgIpc) is 3.12. The molecule has 3 atom stereocenters. The van der Waals surface area contributed by atoms with Crippen LogP contribution >= 0.6 is 23.2 Å². The van der Waals surface area contributed by atoms with E-state index in [0.29, 0.717) is 10.0 Å². The number of benzene rings is 3. The van der Waals surface area contributed by atoms with E-state index in [9.17, 15) is 22.5 Å². The molecule has 3 N–H and O–H groups in total. The van der Waals surface area contributed by atoms with Crippen LogP contribution in [0.5, 0.6) is 5.75 Å². The highest BCUT2D eigenvalue weighted by molar-refractivity contribution is 7.90. The van der Waals surface area contributed by atoms with Gasteiger partial charge in [0.1, 0.15) is 24.7 Å². The van der Waals surface area contributed by atoms with Crippen LogP contribution in [0.1, 0.15) is 6.04 Å². The van der Waals surface area contributed by atoms with Gasteiger partial charge in [0, 0.05) is 31.9 Å². The molecule has 194 valence electrons. The molecule has 4 aromatic rings. The number of aromatic nitrogens is 1. The molecule has 13 heteroatoms. The topological polar surface area (TPSA) is 96.6 Å². The monoisotopic (exact) mass is 571 g/mol. The van der Waals surface area contributed by atoms with Crippen LogP contribution in [0.4, 0.5) is 13.2 Å². The summed E-state index contributed by atoms with van der Waals surface area (Å²) in [5.41, 5.74) is 1.48. The number of rotatable bonds is 5. The van der Waals surface area contributed by atoms with Crippen LogP contribution in [-0.2, 0) is 14.7 Å². The number of nitrogens with one attached hydrogen (secondary N) is 2. The number of fused-ring (bicyclic) bond motifs is 3. The zero-order valence-corrected chi connectivity index (χ0v) is 21.0. The van der Waals surface area contributed by atoms with Gasteiger partial charge in [-0.15, -0.1) is 13.2 Å². The predicted molar refractivity (Wildman–Crippen MR) is 134 cm³/mol. The SMILES string of the molecule is N=S(=O)(NC1=COC[C@H](n2c3ccc(Cl)cc3c3cc(Cl)ccc32)[C@H]1O)c1ccc(OC(F)(F)F)cc1. The van der Waals surface area contributed by atoms with Crippen LogP contribution in [0.2, 0.25) is 10.0 Å². The molecule has 0 spiro atoms. The normalized spacial score (nSPS) is 19.8. The van der Waals surface area contributed by atoms with Crippen molar-refractivity contribution in [3.8, 4) is 5.75 Å². The van der Waals surface area contributed by atoms with Crippen molar-refractivity contribution < 1.29 is 32.0 Å². The molecule has 0 saturated carbocycles. The number of hydrogen-bond donors (Lipinski definition) is 3. The number of nitrogens with zero attached hydrogens (tertiary/aromatic N) is 1. The van der Waals surface area contributed by atoms with Gasteiger partial charge in [-0.3, -0.25) is 4.72 Å². The number of ether oxygens (including phenoxy) is 2. The molecule has 7 nitrogen and oxygen atoms in total. The maximum Gasteiger partial charge on any atom is 0.573 e. The first-order chi connectivity index (χ1) is 17.4. The van der Waals surface area contributed by atoms with Crippen LogP contribution in [0.15, 0.2) is 77.5 Å². The van der Waals surface area contributed by atoms with Crippen LogP contribution in [0, 0.1) is 4.78 Å². The lowest BCUT2D eigenvalue weighted by Gasteiger charge is -2.31. The summed E-state index contributed by atoms with van der Waals surface area (Å²) in [5.74, 6) is -0.515. The molecule has 0 bridgehead atoms. The number of aliphatic hydroxyl groups excluding tert-OH is 1. The molecule has 0 fully saturated rings. The third kappa shape index (κ3) is 5.04. The summed E-state index contributed by atoms with van der Waals surface area (Å²) in [6, 6.07) is 14.0. The van der Waals surface area contributed by atoms with E-state index >= 15 is 0 Å². The Morgan fingerprint density at radius 2 is 1.59 bits per heavy atom. The van der Waals surface area contributed by atoms with Gasteiger partial charge in [-0.05, 0) is 60.7 Å². The minimum atomic E-state index is -4.88. The summed E-state index contributed by atoms with van der Waals surface area (Å²) in [4.78, 5) is -0.113. The maximum absolute atomic E-state index is 13.1. The number of aliphatic hydroxyl groups is 1. The third-order valence-corrected chi connectivity index (χ3v) is 7.80. The molecular weight excluding hydrogens is 554 g/mol. The van der Waals surface area contributed by atoms with Crippen molar-refractivity contribution in [1.29, 1.82) is 4.78 Å². The Kier molecular flexibility index (Phi) is 6.43. The average molecular weight is 572 g/mol. The van der Waals surface area contributed by atoms with Crippen molar-refractivity contribution in [2.24, 2.45) is 0 Å². The summed E-state index contributed by atoms with van der Waals surface area (Å²) >= 11 is 12.5. The molecule has 1 aliphatic heterocycles. The molecule has 3 aromatic carbocycles. The molecule has 0 aliphatic carbocycles. The standard InChI is InChI=1S/C24H18Cl2F3N3O4S/c25-13-1-7-20-17(9-13)18-10-14(26)2-8-21(18)32(20)22-12-35-11-19(23(22)33)31-37(30,34)16-5-3-15(4-6-16)36-24(27,28)29/h1-11,22-23,33H,12H2,(H2,30,31,34)/t22-,23-,37?/m0/s1. The number of hydrogen-bond acceptors (Lipinski definition) is 5. The van der Waals surface area contributed by atoms with E-state index in [0.717, 1.165) is 46.1 Å². The second kappa shape index (κ2) is 9.32. The largest absolute Gasteiger partial charge is 0.573 e. The van der Waals surface area contributed by atoms with E-state index in [1.54, 1.807) is 24.3 Å². The summed E-state index contributed by atoms with van der Waals surface area (Å²) in [5, 5.41) is 13.9. The van der Waals surface area contributed by atoms with E-state index in [4.69, 9.17) is 32.7 Å². The second-order valence-electron chi connectivity index (χ2n) is 8.29. The predicted octanol–water partition coefficient (Wildman–Crippen LogP) is 6.38. The van der Waals surface area contributed by atoms with Gasteiger partial charge in [0.2, 0.25) is 0 Å². The maximum atomic E-state index is 13.1. The lowest BCUT2D eigenvalue weighted by atomic mass is 10.1. The molecule has 1 unspecified atom stereocenters. The zero-order chi connectivity index (χ0) is 26.5. The van der Waals surface area contributed by atoms with Gasteiger partial charge >= 0.3 is 6.36 Å². The van der Waals surface area contributed by atoms with E-state index in [1.165, 1.54) is 6.26 Å². The van der Waals surface area contributed by atoms with E-state index in [2.05, 4.69) is 9.46 Å². The molecule has 0 radical (unpaired) electrons. The zero-order valence-electron chi connectivity index (χ0n) is 18.6. The molecule has 1 aliphatic rings. The highest BCUT2D eigenvalue weighted by atomic mass is 35.5. The summed E-state index contributed by atoms with van der Waals surface area (Å²) in [6.45, 7) is 0.0686. The van der Waals surface area contributed by atoms with Crippen LogP contribution in [0.3, 0.4) is 0 Å². The first kappa shape index (κ1) is 25.5. The Morgan fingerprint density at radius 3 is 2.14 bits per heavy atom. The van der Waals surface area contributed by atoms with Gasteiger partial charge in [0.05, 0.1) is 16.6 Å². The highest BCUT2D eigenvalue weighted by Gasteiger charge is 2.34. The fourth-order valence-corrected chi connectivity index (χ4v) is 5.80. The van der Waals surface area contributed by atoms with Gasteiger partial charge in [0.25, 0.3) is 0 Å². The van der Waals surface area contributed by atoms with E-state index in [1.807, 2.05) is 16.7 Å². The Hall–Kier alpha value is -3.12. The van der Waals surface area contributed by atoms with E-state index < -0.39 is 34.2 Å². The smallest absolute Gasteiger partial charge is 0.497 e. The summed E-state index contributed by atoms with van der Waals surface area (Å²) in [7, 11) is -3.78. The molecule has 5 rings (SSSR count). The Balaban J connectivity index is 1.47. The molecule has 2 heterocycles. The fourth-order valence-electron chi connectivity index (χ4n) is 4.32. The Bertz CT molecular complexity index is 1580. The minimum absolute atomic E-state index is 0.0233. The third-order valence-electron chi connectivity index (χ3n) is 5.87. The Morgan fingerprint density at radius 1 is 1.03 bits per heavy atom. The van der Waals surface area contributed by atoms with Gasteiger partial charge in [-0.2, -0.15) is 0 Å². The number of alkyl halides is 3. The van der Waals surface area contributed by atoms with Gasteiger partial charge in [0.15, 0.2) is 9.92 Å². The van der Waals surface area contributed by atoms with Crippen LogP contribution in [0.25, 0.3) is 21.8 Å². The fraction of sp³-hybridized carbons (Fsp3) is 0.167. The molecule has 37 heavy (non-hydrogen) atoms. The van der Waals surface area contributed by atoms with Crippen molar-refractivity contribution in [3.63, 3.8) is 0 Å². The lowest BCUT2D eigenvalue weighted by Crippen LogP contribution is -2.39. The second-order valence-corrected chi connectivity index (χ2v) is 10.9. The van der Waals surface area contributed by atoms with Crippen LogP contribution in [-0.4, -0.2) is 33.0 Å². The highest BCUT2D eigenvalue weighted by Crippen LogP contribution is 2.37. The van der Waals surface area contributed by atoms with E-state index in [-0.39, 0.29) is 17.2 Å². The minimum Gasteiger partial charge on any atom is -0.497 e. The van der Waals surface area contributed by atoms with Gasteiger partial charge < -0.3 is 19.1 Å². The van der Waals surface area contributed by atoms with Crippen molar-refractivity contribution in [1.82, 2.24) is 9.29 Å².